The van der Waals surface area contributed by atoms with Gasteiger partial charge in [0.25, 0.3) is 0 Å². The average molecular weight is 336 g/mol. The number of nitrogens with zero attached hydrogens (tertiary/aromatic N) is 2. The number of hydrogen-bond donors (Lipinski definition) is 0. The number of para-hydroxylation sites is 2. The largest absolute Gasteiger partial charge is 0.307 e. The van der Waals surface area contributed by atoms with E-state index in [2.05, 4.69) is 19.9 Å². The maximum Gasteiger partial charge on any atom is 0.247 e. The fraction of sp³-hybridized carbons (Fsp3) is 0.333. The number of aryl methyl sites for hydroxylation is 1. The van der Waals surface area contributed by atoms with E-state index in [0.29, 0.717) is 0 Å². The van der Waals surface area contributed by atoms with Crippen LogP contribution in [0.5, 0.6) is 0 Å². The van der Waals surface area contributed by atoms with Crippen LogP contribution in [0.1, 0.15) is 31.9 Å². The second-order valence-corrected chi connectivity index (χ2v) is 6.53. The molecule has 0 fully saturated rings. The smallest absolute Gasteiger partial charge is 0.247 e. The highest BCUT2D eigenvalue weighted by Gasteiger charge is 2.32. The Hall–Kier alpha value is -2.62. The molecule has 1 unspecified atom stereocenters. The summed E-state index contributed by atoms with van der Waals surface area (Å²) < 4.78 is 0. The summed E-state index contributed by atoms with van der Waals surface area (Å²) in [6.07, 6.45) is 1.67. The molecule has 2 amide bonds. The Morgan fingerprint density at radius 2 is 1.80 bits per heavy atom. The van der Waals surface area contributed by atoms with E-state index in [-0.39, 0.29) is 24.4 Å². The molecule has 2 aromatic rings. The summed E-state index contributed by atoms with van der Waals surface area (Å²) in [5, 5.41) is 0. The minimum absolute atomic E-state index is 0.0430. The Morgan fingerprint density at radius 1 is 1.12 bits per heavy atom. The molecule has 1 aliphatic rings. The van der Waals surface area contributed by atoms with Crippen molar-refractivity contribution in [2.45, 2.75) is 39.7 Å². The molecule has 130 valence electrons. The van der Waals surface area contributed by atoms with Gasteiger partial charge >= 0.3 is 0 Å². The minimum Gasteiger partial charge on any atom is -0.307 e. The SMILES string of the molecule is CCc1ccccc1N(CC(=O)N1c2ccccc2CC1C)C(C)=O. The summed E-state index contributed by atoms with van der Waals surface area (Å²) >= 11 is 0. The predicted octanol–water partition coefficient (Wildman–Crippen LogP) is 3.58. The van der Waals surface area contributed by atoms with Gasteiger partial charge in [0, 0.05) is 24.3 Å². The van der Waals surface area contributed by atoms with Gasteiger partial charge in [-0.3, -0.25) is 9.59 Å². The zero-order chi connectivity index (χ0) is 18.0. The van der Waals surface area contributed by atoms with Crippen LogP contribution in [0.4, 0.5) is 11.4 Å². The molecule has 3 rings (SSSR count). The van der Waals surface area contributed by atoms with Crippen LogP contribution < -0.4 is 9.80 Å². The van der Waals surface area contributed by atoms with Crippen molar-refractivity contribution in [2.24, 2.45) is 0 Å². The fourth-order valence-corrected chi connectivity index (χ4v) is 3.60. The van der Waals surface area contributed by atoms with Gasteiger partial charge in [-0.05, 0) is 43.0 Å². The first-order valence-electron chi connectivity index (χ1n) is 8.79. The number of carbonyl (C=O) groups is 2. The van der Waals surface area contributed by atoms with Crippen LogP contribution in [-0.4, -0.2) is 24.4 Å². The molecule has 1 atom stereocenters. The Kier molecular flexibility index (Phi) is 4.88. The van der Waals surface area contributed by atoms with Crippen LogP contribution in [0.15, 0.2) is 48.5 Å². The van der Waals surface area contributed by atoms with E-state index in [0.717, 1.165) is 29.8 Å². The van der Waals surface area contributed by atoms with Gasteiger partial charge in [-0.15, -0.1) is 0 Å². The first-order chi connectivity index (χ1) is 12.0. The third kappa shape index (κ3) is 3.29. The summed E-state index contributed by atoms with van der Waals surface area (Å²) in [7, 11) is 0. The second-order valence-electron chi connectivity index (χ2n) is 6.53. The van der Waals surface area contributed by atoms with Crippen molar-refractivity contribution in [1.29, 1.82) is 0 Å². The molecular weight excluding hydrogens is 312 g/mol. The van der Waals surface area contributed by atoms with Gasteiger partial charge in [0.05, 0.1) is 0 Å². The molecule has 0 spiro atoms. The maximum absolute atomic E-state index is 13.0. The lowest BCUT2D eigenvalue weighted by atomic mass is 10.1. The quantitative estimate of drug-likeness (QED) is 0.856. The van der Waals surface area contributed by atoms with Crippen LogP contribution in [0.3, 0.4) is 0 Å². The van der Waals surface area contributed by atoms with Crippen LogP contribution in [0.2, 0.25) is 0 Å². The monoisotopic (exact) mass is 336 g/mol. The molecule has 0 radical (unpaired) electrons. The molecule has 4 nitrogen and oxygen atoms in total. The van der Waals surface area contributed by atoms with Gasteiger partial charge in [-0.2, -0.15) is 0 Å². The van der Waals surface area contributed by atoms with Gasteiger partial charge in [-0.1, -0.05) is 43.3 Å². The number of amides is 2. The Bertz CT molecular complexity index is 800. The molecule has 0 aliphatic carbocycles. The number of benzene rings is 2. The lowest BCUT2D eigenvalue weighted by molar-refractivity contribution is -0.121. The highest BCUT2D eigenvalue weighted by Crippen LogP contribution is 2.32. The lowest BCUT2D eigenvalue weighted by Crippen LogP contribution is -2.45. The van der Waals surface area contributed by atoms with E-state index in [4.69, 9.17) is 0 Å². The molecular formula is C21H24N2O2. The number of carbonyl (C=O) groups excluding carboxylic acids is 2. The van der Waals surface area contributed by atoms with E-state index in [1.807, 2.05) is 47.4 Å². The van der Waals surface area contributed by atoms with Crippen LogP contribution >= 0.6 is 0 Å². The summed E-state index contributed by atoms with van der Waals surface area (Å²) in [5.74, 6) is -0.159. The molecule has 1 aliphatic heterocycles. The topological polar surface area (TPSA) is 40.6 Å². The normalized spacial score (nSPS) is 15.8. The van der Waals surface area contributed by atoms with E-state index < -0.39 is 0 Å². The summed E-state index contributed by atoms with van der Waals surface area (Å²) in [6, 6.07) is 15.9. The fourth-order valence-electron chi connectivity index (χ4n) is 3.60. The number of rotatable bonds is 4. The van der Waals surface area contributed by atoms with E-state index in [1.54, 1.807) is 4.90 Å². The minimum atomic E-state index is -0.116. The third-order valence-corrected chi connectivity index (χ3v) is 4.81. The van der Waals surface area contributed by atoms with Crippen molar-refractivity contribution in [1.82, 2.24) is 0 Å². The Balaban J connectivity index is 1.89. The molecule has 0 saturated heterocycles. The van der Waals surface area contributed by atoms with Crippen molar-refractivity contribution in [3.8, 4) is 0 Å². The van der Waals surface area contributed by atoms with E-state index >= 15 is 0 Å². The Labute approximate surface area is 149 Å². The second kappa shape index (κ2) is 7.09. The number of fused-ring (bicyclic) bond motifs is 1. The highest BCUT2D eigenvalue weighted by atomic mass is 16.2. The van der Waals surface area contributed by atoms with Gasteiger partial charge in [0.15, 0.2) is 0 Å². The molecule has 0 bridgehead atoms. The van der Waals surface area contributed by atoms with Crippen molar-refractivity contribution in [3.05, 3.63) is 59.7 Å². The predicted molar refractivity (Wildman–Crippen MR) is 101 cm³/mol. The van der Waals surface area contributed by atoms with E-state index in [1.165, 1.54) is 12.5 Å². The van der Waals surface area contributed by atoms with Crippen molar-refractivity contribution in [2.75, 3.05) is 16.3 Å². The average Bonchev–Trinajstić information content (AvgIpc) is 2.95. The van der Waals surface area contributed by atoms with Crippen molar-refractivity contribution >= 4 is 23.2 Å². The maximum atomic E-state index is 13.0. The zero-order valence-electron chi connectivity index (χ0n) is 15.0. The molecule has 25 heavy (non-hydrogen) atoms. The van der Waals surface area contributed by atoms with Crippen LogP contribution in [0.25, 0.3) is 0 Å². The molecule has 0 N–H and O–H groups in total. The first kappa shape index (κ1) is 17.2. The zero-order valence-corrected chi connectivity index (χ0v) is 15.0. The van der Waals surface area contributed by atoms with Crippen LogP contribution in [-0.2, 0) is 22.4 Å². The number of hydrogen-bond acceptors (Lipinski definition) is 2. The summed E-state index contributed by atoms with van der Waals surface area (Å²) in [6.45, 7) is 5.68. The van der Waals surface area contributed by atoms with Gasteiger partial charge in [0.1, 0.15) is 6.54 Å². The Morgan fingerprint density at radius 3 is 2.52 bits per heavy atom. The highest BCUT2D eigenvalue weighted by molar-refractivity contribution is 6.04. The van der Waals surface area contributed by atoms with Gasteiger partial charge in [0.2, 0.25) is 11.8 Å². The van der Waals surface area contributed by atoms with Crippen molar-refractivity contribution in [3.63, 3.8) is 0 Å². The molecule has 2 aromatic carbocycles. The third-order valence-electron chi connectivity index (χ3n) is 4.81. The van der Waals surface area contributed by atoms with Gasteiger partial charge < -0.3 is 9.80 Å². The van der Waals surface area contributed by atoms with Crippen molar-refractivity contribution < 1.29 is 9.59 Å². The molecule has 4 heteroatoms. The summed E-state index contributed by atoms with van der Waals surface area (Å²) in [5.41, 5.74) is 4.05. The van der Waals surface area contributed by atoms with Crippen LogP contribution in [0, 0.1) is 0 Å². The molecule has 0 saturated carbocycles. The molecule has 1 heterocycles. The standard InChI is InChI=1S/C21H24N2O2/c1-4-17-9-5-7-11-19(17)22(16(3)24)14-21(25)23-15(2)13-18-10-6-8-12-20(18)23/h5-12,15H,4,13-14H2,1-3H3. The molecule has 0 aromatic heterocycles. The first-order valence-corrected chi connectivity index (χ1v) is 8.79. The summed E-state index contributed by atoms with van der Waals surface area (Å²) in [4.78, 5) is 28.7. The number of anilines is 2. The lowest BCUT2D eigenvalue weighted by Gasteiger charge is -2.28. The van der Waals surface area contributed by atoms with Gasteiger partial charge in [-0.25, -0.2) is 0 Å². The van der Waals surface area contributed by atoms with E-state index in [9.17, 15) is 9.59 Å².